The van der Waals surface area contributed by atoms with E-state index >= 15 is 0 Å². The van der Waals surface area contributed by atoms with Gasteiger partial charge in [-0.1, -0.05) is 18.2 Å². The number of carbonyl (C=O) groups is 1. The van der Waals surface area contributed by atoms with Crippen molar-refractivity contribution in [3.63, 3.8) is 0 Å². The summed E-state index contributed by atoms with van der Waals surface area (Å²) < 4.78 is 15.4. The van der Waals surface area contributed by atoms with Gasteiger partial charge in [0, 0.05) is 11.8 Å². The van der Waals surface area contributed by atoms with Crippen LogP contribution in [0.15, 0.2) is 39.5 Å². The second-order valence-electron chi connectivity index (χ2n) is 4.38. The second kappa shape index (κ2) is 4.85. The van der Waals surface area contributed by atoms with Crippen molar-refractivity contribution >= 4 is 16.9 Å². The highest BCUT2D eigenvalue weighted by molar-refractivity contribution is 5.92. The largest absolute Gasteiger partial charge is 0.456 e. The van der Waals surface area contributed by atoms with E-state index < -0.39 is 11.6 Å². The van der Waals surface area contributed by atoms with E-state index in [1.54, 1.807) is 18.2 Å². The van der Waals surface area contributed by atoms with E-state index in [0.29, 0.717) is 30.6 Å². The van der Waals surface area contributed by atoms with Gasteiger partial charge in [-0.3, -0.25) is 0 Å². The molecule has 19 heavy (non-hydrogen) atoms. The topological polar surface area (TPSA) is 65.7 Å². The minimum Gasteiger partial charge on any atom is -0.456 e. The molecule has 1 aromatic heterocycles. The van der Waals surface area contributed by atoms with Crippen molar-refractivity contribution in [2.75, 3.05) is 13.2 Å². The quantitative estimate of drug-likeness (QED) is 0.607. The molecule has 1 aliphatic rings. The number of ether oxygens (including phenoxy) is 2. The first-order chi connectivity index (χ1) is 9.24. The van der Waals surface area contributed by atoms with Crippen molar-refractivity contribution in [2.24, 2.45) is 0 Å². The summed E-state index contributed by atoms with van der Waals surface area (Å²) in [5.41, 5.74) is -0.304. The molecule has 0 N–H and O–H groups in total. The Morgan fingerprint density at radius 1 is 1.32 bits per heavy atom. The molecule has 0 aliphatic carbocycles. The standard InChI is InChI=1S/C14H12O5/c15-13(18-10-5-6-17-8-10)11-7-9-3-1-2-4-12(9)19-14(11)16/h1-4,7,10H,5-6,8H2. The van der Waals surface area contributed by atoms with E-state index in [-0.39, 0.29) is 11.7 Å². The zero-order valence-electron chi connectivity index (χ0n) is 10.1. The molecular weight excluding hydrogens is 248 g/mol. The van der Waals surface area contributed by atoms with Gasteiger partial charge in [-0.05, 0) is 12.1 Å². The molecule has 1 aromatic carbocycles. The molecule has 0 spiro atoms. The molecule has 1 aliphatic heterocycles. The third kappa shape index (κ3) is 2.37. The number of esters is 1. The molecule has 1 atom stereocenters. The monoisotopic (exact) mass is 260 g/mol. The van der Waals surface area contributed by atoms with Gasteiger partial charge in [0.1, 0.15) is 17.3 Å². The molecule has 5 nitrogen and oxygen atoms in total. The molecular formula is C14H12O5. The minimum atomic E-state index is -0.678. The van der Waals surface area contributed by atoms with Gasteiger partial charge in [-0.15, -0.1) is 0 Å². The molecule has 2 heterocycles. The summed E-state index contributed by atoms with van der Waals surface area (Å²) in [6.07, 6.45) is 0.378. The average Bonchev–Trinajstić information content (AvgIpc) is 2.90. The minimum absolute atomic E-state index is 0.0781. The van der Waals surface area contributed by atoms with Gasteiger partial charge in [0.15, 0.2) is 0 Å². The van der Waals surface area contributed by atoms with Crippen molar-refractivity contribution < 1.29 is 18.7 Å². The zero-order chi connectivity index (χ0) is 13.2. The summed E-state index contributed by atoms with van der Waals surface area (Å²) in [6.45, 7) is 0.953. The Morgan fingerprint density at radius 2 is 2.16 bits per heavy atom. The van der Waals surface area contributed by atoms with E-state index in [1.807, 2.05) is 6.07 Å². The van der Waals surface area contributed by atoms with Gasteiger partial charge in [0.05, 0.1) is 13.2 Å². The highest BCUT2D eigenvalue weighted by atomic mass is 16.6. The Morgan fingerprint density at radius 3 is 2.95 bits per heavy atom. The Labute approximate surface area is 108 Å². The number of hydrogen-bond acceptors (Lipinski definition) is 5. The lowest BCUT2D eigenvalue weighted by Crippen LogP contribution is -2.22. The van der Waals surface area contributed by atoms with Crippen molar-refractivity contribution in [1.29, 1.82) is 0 Å². The third-order valence-corrected chi connectivity index (χ3v) is 3.02. The van der Waals surface area contributed by atoms with Crippen LogP contribution < -0.4 is 5.63 Å². The van der Waals surface area contributed by atoms with Crippen molar-refractivity contribution in [3.05, 3.63) is 46.3 Å². The number of rotatable bonds is 2. The maximum absolute atomic E-state index is 11.9. The number of benzene rings is 1. The van der Waals surface area contributed by atoms with E-state index in [1.165, 1.54) is 6.07 Å². The fraction of sp³-hybridized carbons (Fsp3) is 0.286. The second-order valence-corrected chi connectivity index (χ2v) is 4.38. The summed E-state index contributed by atoms with van der Waals surface area (Å²) in [5, 5.41) is 0.691. The third-order valence-electron chi connectivity index (χ3n) is 3.02. The van der Waals surface area contributed by atoms with Gasteiger partial charge in [0.25, 0.3) is 0 Å². The fourth-order valence-electron chi connectivity index (χ4n) is 2.02. The van der Waals surface area contributed by atoms with Crippen LogP contribution in [0.5, 0.6) is 0 Å². The molecule has 1 saturated heterocycles. The van der Waals surface area contributed by atoms with Crippen LogP contribution in [-0.2, 0) is 9.47 Å². The van der Waals surface area contributed by atoms with Crippen LogP contribution in [0.4, 0.5) is 0 Å². The number of para-hydroxylation sites is 1. The molecule has 98 valence electrons. The van der Waals surface area contributed by atoms with Crippen LogP contribution in [-0.4, -0.2) is 25.3 Å². The van der Waals surface area contributed by atoms with Gasteiger partial charge >= 0.3 is 11.6 Å². The maximum Gasteiger partial charge on any atom is 0.351 e. The molecule has 3 rings (SSSR count). The summed E-state index contributed by atoms with van der Waals surface area (Å²) in [7, 11) is 0. The van der Waals surface area contributed by atoms with Crippen LogP contribution in [0, 0.1) is 0 Å². The van der Waals surface area contributed by atoms with Crippen molar-refractivity contribution in [3.8, 4) is 0 Å². The van der Waals surface area contributed by atoms with E-state index in [4.69, 9.17) is 13.9 Å². The van der Waals surface area contributed by atoms with Gasteiger partial charge < -0.3 is 13.9 Å². The Kier molecular flexibility index (Phi) is 3.05. The van der Waals surface area contributed by atoms with E-state index in [9.17, 15) is 9.59 Å². The molecule has 2 aromatic rings. The van der Waals surface area contributed by atoms with E-state index in [2.05, 4.69) is 0 Å². The molecule has 0 radical (unpaired) electrons. The van der Waals surface area contributed by atoms with Gasteiger partial charge in [0.2, 0.25) is 0 Å². The van der Waals surface area contributed by atoms with Gasteiger partial charge in [-0.25, -0.2) is 9.59 Å². The predicted octanol–water partition coefficient (Wildman–Crippen LogP) is 1.74. The SMILES string of the molecule is O=C(OC1CCOC1)c1cc2ccccc2oc1=O. The van der Waals surface area contributed by atoms with Gasteiger partial charge in [-0.2, -0.15) is 0 Å². The molecule has 0 bridgehead atoms. The zero-order valence-corrected chi connectivity index (χ0v) is 10.1. The smallest absolute Gasteiger partial charge is 0.351 e. The molecule has 1 fully saturated rings. The first-order valence-electron chi connectivity index (χ1n) is 6.05. The number of hydrogen-bond donors (Lipinski definition) is 0. The summed E-state index contributed by atoms with van der Waals surface area (Å²) in [6, 6.07) is 8.52. The van der Waals surface area contributed by atoms with Crippen LogP contribution in [0.1, 0.15) is 16.8 Å². The lowest BCUT2D eigenvalue weighted by Gasteiger charge is -2.09. The maximum atomic E-state index is 11.9. The number of carbonyl (C=O) groups excluding carboxylic acids is 1. The summed E-state index contributed by atoms with van der Waals surface area (Å²) >= 11 is 0. The lowest BCUT2D eigenvalue weighted by molar-refractivity contribution is 0.0266. The highest BCUT2D eigenvalue weighted by Gasteiger charge is 2.23. The Bertz CT molecular complexity index is 667. The van der Waals surface area contributed by atoms with Crippen LogP contribution in [0.2, 0.25) is 0 Å². The lowest BCUT2D eigenvalue weighted by atomic mass is 10.2. The fourth-order valence-corrected chi connectivity index (χ4v) is 2.02. The average molecular weight is 260 g/mol. The molecule has 0 saturated carbocycles. The van der Waals surface area contributed by atoms with Crippen molar-refractivity contribution in [1.82, 2.24) is 0 Å². The normalized spacial score (nSPS) is 18.6. The Hall–Kier alpha value is -2.14. The van der Waals surface area contributed by atoms with Crippen LogP contribution in [0.3, 0.4) is 0 Å². The summed E-state index contributed by atoms with van der Waals surface area (Å²) in [4.78, 5) is 23.7. The first-order valence-corrected chi connectivity index (χ1v) is 6.05. The van der Waals surface area contributed by atoms with Crippen LogP contribution >= 0.6 is 0 Å². The first kappa shape index (κ1) is 11.9. The molecule has 1 unspecified atom stereocenters. The molecule has 5 heteroatoms. The van der Waals surface area contributed by atoms with Crippen LogP contribution in [0.25, 0.3) is 11.0 Å². The number of fused-ring (bicyclic) bond motifs is 1. The van der Waals surface area contributed by atoms with Crippen molar-refractivity contribution in [2.45, 2.75) is 12.5 Å². The highest BCUT2D eigenvalue weighted by Crippen LogP contribution is 2.15. The van der Waals surface area contributed by atoms with E-state index in [0.717, 1.165) is 0 Å². The predicted molar refractivity (Wildman–Crippen MR) is 67.1 cm³/mol. The Balaban J connectivity index is 1.92. The summed E-state index contributed by atoms with van der Waals surface area (Å²) in [5.74, 6) is -0.657. The molecule has 0 amide bonds.